The molecule has 0 saturated heterocycles. The lowest BCUT2D eigenvalue weighted by molar-refractivity contribution is 0.425. The Morgan fingerprint density at radius 2 is 2.14 bits per heavy atom. The summed E-state index contributed by atoms with van der Waals surface area (Å²) in [6.45, 7) is 0. The van der Waals surface area contributed by atoms with Crippen LogP contribution in [0.15, 0.2) is 39.9 Å². The summed E-state index contributed by atoms with van der Waals surface area (Å²) in [4.78, 5) is 5.32. The second-order valence-electron chi connectivity index (χ2n) is 4.03. The Kier molecular flexibility index (Phi) is 3.90. The maximum Gasteiger partial charge on any atom is 0.262 e. The van der Waals surface area contributed by atoms with Gasteiger partial charge in [0.05, 0.1) is 17.5 Å². The van der Waals surface area contributed by atoms with Crippen molar-refractivity contribution in [2.75, 3.05) is 0 Å². The van der Waals surface area contributed by atoms with Gasteiger partial charge in [-0.25, -0.2) is 0 Å². The van der Waals surface area contributed by atoms with Gasteiger partial charge in [-0.2, -0.15) is 15.3 Å². The fraction of sp³-hybridized carbons (Fsp3) is 0.0769. The zero-order valence-corrected chi connectivity index (χ0v) is 12.1. The number of nitrogens with one attached hydrogen (secondary N) is 1. The van der Waals surface area contributed by atoms with Gasteiger partial charge < -0.3 is 4.52 Å². The van der Waals surface area contributed by atoms with Crippen LogP contribution < -0.4 is 0 Å². The minimum Gasteiger partial charge on any atom is -0.334 e. The molecular weight excluding hydrogens is 310 g/mol. The predicted molar refractivity (Wildman–Crippen MR) is 77.6 cm³/mol. The topological polar surface area (TPSA) is 91.4 Å². The lowest BCUT2D eigenvalue weighted by Gasteiger charge is -1.97. The molecule has 0 bridgehead atoms. The quantitative estimate of drug-likeness (QED) is 0.742. The molecule has 104 valence electrons. The van der Waals surface area contributed by atoms with Crippen LogP contribution in [0, 0.1) is 11.3 Å². The van der Waals surface area contributed by atoms with E-state index in [1.165, 1.54) is 6.20 Å². The van der Waals surface area contributed by atoms with Gasteiger partial charge in [0, 0.05) is 9.92 Å². The standard InChI is InChI=1S/C13H8ClN5OS/c14-8-1-3-9(4-2-8)21-7-12-17-13(20-19-12)10-6-16-18-11(10)5-15/h1-4,6H,7H2,(H,16,18). The first-order valence-corrected chi connectivity index (χ1v) is 7.27. The Morgan fingerprint density at radius 3 is 2.90 bits per heavy atom. The van der Waals surface area contributed by atoms with Gasteiger partial charge in [-0.15, -0.1) is 11.8 Å². The molecule has 0 unspecified atom stereocenters. The number of aromatic nitrogens is 4. The van der Waals surface area contributed by atoms with E-state index in [0.717, 1.165) is 4.90 Å². The number of benzene rings is 1. The highest BCUT2D eigenvalue weighted by molar-refractivity contribution is 7.98. The first-order valence-electron chi connectivity index (χ1n) is 5.91. The van der Waals surface area contributed by atoms with E-state index in [4.69, 9.17) is 21.4 Å². The van der Waals surface area contributed by atoms with E-state index in [1.807, 2.05) is 30.3 Å². The Bertz CT molecular complexity index is 790. The molecule has 3 aromatic rings. The maximum atomic E-state index is 8.92. The molecule has 0 aliphatic heterocycles. The molecule has 2 heterocycles. The van der Waals surface area contributed by atoms with Crippen molar-refractivity contribution in [3.8, 4) is 17.5 Å². The third-order valence-corrected chi connectivity index (χ3v) is 3.89. The second kappa shape index (κ2) is 5.99. The maximum absolute atomic E-state index is 8.92. The molecule has 0 fully saturated rings. The second-order valence-corrected chi connectivity index (χ2v) is 5.51. The van der Waals surface area contributed by atoms with E-state index in [0.29, 0.717) is 27.9 Å². The van der Waals surface area contributed by atoms with Crippen LogP contribution in [-0.4, -0.2) is 20.3 Å². The van der Waals surface area contributed by atoms with Crippen LogP contribution in [0.2, 0.25) is 5.02 Å². The van der Waals surface area contributed by atoms with Crippen LogP contribution >= 0.6 is 23.4 Å². The summed E-state index contributed by atoms with van der Waals surface area (Å²) in [5.74, 6) is 1.40. The molecule has 0 aliphatic rings. The van der Waals surface area contributed by atoms with Crippen molar-refractivity contribution in [1.82, 2.24) is 20.3 Å². The monoisotopic (exact) mass is 317 g/mol. The van der Waals surface area contributed by atoms with Crippen molar-refractivity contribution in [2.45, 2.75) is 10.6 Å². The molecule has 6 nitrogen and oxygen atoms in total. The molecular formula is C13H8ClN5OS. The van der Waals surface area contributed by atoms with E-state index in [1.54, 1.807) is 11.8 Å². The van der Waals surface area contributed by atoms with E-state index in [9.17, 15) is 0 Å². The molecule has 0 aliphatic carbocycles. The molecule has 0 atom stereocenters. The third-order valence-electron chi connectivity index (χ3n) is 2.63. The normalized spacial score (nSPS) is 10.5. The summed E-state index contributed by atoms with van der Waals surface area (Å²) in [6, 6.07) is 9.50. The van der Waals surface area contributed by atoms with Crippen LogP contribution in [0.5, 0.6) is 0 Å². The lowest BCUT2D eigenvalue weighted by Crippen LogP contribution is -1.85. The third kappa shape index (κ3) is 3.07. The number of H-pyrrole nitrogens is 1. The van der Waals surface area contributed by atoms with Gasteiger partial charge in [-0.3, -0.25) is 5.10 Å². The van der Waals surface area contributed by atoms with Crippen molar-refractivity contribution in [3.63, 3.8) is 0 Å². The van der Waals surface area contributed by atoms with Gasteiger partial charge in [0.1, 0.15) is 11.8 Å². The van der Waals surface area contributed by atoms with Crippen molar-refractivity contribution < 1.29 is 4.52 Å². The minimum atomic E-state index is 0.284. The SMILES string of the molecule is N#Cc1[nH]ncc1-c1nc(CSc2ccc(Cl)cc2)no1. The van der Waals surface area contributed by atoms with Crippen LogP contribution in [0.1, 0.15) is 11.5 Å². The number of hydrogen-bond donors (Lipinski definition) is 1. The number of halogens is 1. The van der Waals surface area contributed by atoms with Gasteiger partial charge in [-0.1, -0.05) is 16.8 Å². The van der Waals surface area contributed by atoms with Crippen molar-refractivity contribution in [1.29, 1.82) is 5.26 Å². The van der Waals surface area contributed by atoms with E-state index < -0.39 is 0 Å². The van der Waals surface area contributed by atoms with Gasteiger partial charge in [0.25, 0.3) is 5.89 Å². The van der Waals surface area contributed by atoms with Crippen LogP contribution in [0.4, 0.5) is 0 Å². The highest BCUT2D eigenvalue weighted by Gasteiger charge is 2.14. The average molecular weight is 318 g/mol. The summed E-state index contributed by atoms with van der Waals surface area (Å²) in [5.41, 5.74) is 0.809. The molecule has 0 saturated carbocycles. The van der Waals surface area contributed by atoms with E-state index >= 15 is 0 Å². The summed E-state index contributed by atoms with van der Waals surface area (Å²) < 4.78 is 5.15. The molecule has 1 aromatic carbocycles. The number of nitrogens with zero attached hydrogens (tertiary/aromatic N) is 4. The summed E-state index contributed by atoms with van der Waals surface area (Å²) in [5, 5.41) is 19.9. The largest absolute Gasteiger partial charge is 0.334 e. The lowest BCUT2D eigenvalue weighted by atomic mass is 10.2. The predicted octanol–water partition coefficient (Wildman–Crippen LogP) is 3.28. The summed E-state index contributed by atoms with van der Waals surface area (Å²) in [6.07, 6.45) is 1.49. The fourth-order valence-electron chi connectivity index (χ4n) is 1.63. The molecule has 0 amide bonds. The fourth-order valence-corrected chi connectivity index (χ4v) is 2.50. The van der Waals surface area contributed by atoms with Gasteiger partial charge in [-0.05, 0) is 24.3 Å². The van der Waals surface area contributed by atoms with E-state index in [-0.39, 0.29) is 5.89 Å². The van der Waals surface area contributed by atoms with Crippen molar-refractivity contribution >= 4 is 23.4 Å². The smallest absolute Gasteiger partial charge is 0.262 e. The molecule has 3 rings (SSSR count). The Balaban J connectivity index is 1.71. The molecule has 21 heavy (non-hydrogen) atoms. The van der Waals surface area contributed by atoms with Gasteiger partial charge in [0.2, 0.25) is 0 Å². The highest BCUT2D eigenvalue weighted by Crippen LogP contribution is 2.25. The number of rotatable bonds is 4. The Hall–Kier alpha value is -2.30. The zero-order chi connectivity index (χ0) is 14.7. The number of thioether (sulfide) groups is 1. The minimum absolute atomic E-state index is 0.284. The van der Waals surface area contributed by atoms with Crippen LogP contribution in [0.3, 0.4) is 0 Å². The Labute approximate surface area is 129 Å². The van der Waals surface area contributed by atoms with E-state index in [2.05, 4.69) is 20.3 Å². The highest BCUT2D eigenvalue weighted by atomic mass is 35.5. The zero-order valence-electron chi connectivity index (χ0n) is 10.6. The molecule has 0 radical (unpaired) electrons. The average Bonchev–Trinajstić information content (AvgIpc) is 3.15. The van der Waals surface area contributed by atoms with Crippen LogP contribution in [-0.2, 0) is 5.75 Å². The van der Waals surface area contributed by atoms with Crippen molar-refractivity contribution in [3.05, 3.63) is 47.0 Å². The Morgan fingerprint density at radius 1 is 1.33 bits per heavy atom. The number of aromatic amines is 1. The van der Waals surface area contributed by atoms with Crippen LogP contribution in [0.25, 0.3) is 11.5 Å². The molecule has 1 N–H and O–H groups in total. The summed E-state index contributed by atoms with van der Waals surface area (Å²) >= 11 is 7.40. The van der Waals surface area contributed by atoms with Gasteiger partial charge in [0.15, 0.2) is 5.82 Å². The number of nitriles is 1. The molecule has 8 heteroatoms. The van der Waals surface area contributed by atoms with Gasteiger partial charge >= 0.3 is 0 Å². The summed E-state index contributed by atoms with van der Waals surface area (Å²) in [7, 11) is 0. The first kappa shape index (κ1) is 13.7. The molecule has 0 spiro atoms. The number of hydrogen-bond acceptors (Lipinski definition) is 6. The molecule has 2 aromatic heterocycles. The van der Waals surface area contributed by atoms with Crippen molar-refractivity contribution in [2.24, 2.45) is 0 Å². The first-order chi connectivity index (χ1) is 10.3.